The van der Waals surface area contributed by atoms with Crippen LogP contribution in [0.5, 0.6) is 0 Å². The van der Waals surface area contributed by atoms with Gasteiger partial charge in [-0.05, 0) is 14.1 Å². The summed E-state index contributed by atoms with van der Waals surface area (Å²) < 4.78 is 0. The van der Waals surface area contributed by atoms with Crippen LogP contribution >= 0.6 is 0 Å². The minimum absolute atomic E-state index is 0.310. The van der Waals surface area contributed by atoms with Crippen LogP contribution < -0.4 is 0 Å². The molecule has 0 aromatic heterocycles. The number of carbonyl (C=O) groups excluding carboxylic acids is 1. The molecule has 0 spiro atoms. The van der Waals surface area contributed by atoms with Gasteiger partial charge in [0.05, 0.1) is 0 Å². The van der Waals surface area contributed by atoms with Gasteiger partial charge >= 0.3 is 0 Å². The number of nitrogens with one attached hydrogen (secondary N) is 1. The first-order chi connectivity index (χ1) is 5.00. The van der Waals surface area contributed by atoms with E-state index in [1.807, 2.05) is 0 Å². The van der Waals surface area contributed by atoms with Crippen LogP contribution in [-0.4, -0.2) is 56.2 Å². The Hall–Kier alpha value is -0.900. The molecule has 1 atom stereocenters. The predicted molar refractivity (Wildman–Crippen MR) is 45.0 cm³/mol. The Morgan fingerprint density at radius 2 is 1.82 bits per heavy atom. The zero-order valence-electron chi connectivity index (χ0n) is 7.46. The molecular weight excluding hydrogens is 142 g/mol. The normalized spacial score (nSPS) is 12.8. The van der Waals surface area contributed by atoms with E-state index < -0.39 is 6.04 Å². The molecular formula is C7H15N3O. The third kappa shape index (κ3) is 2.67. The third-order valence-electron chi connectivity index (χ3n) is 1.45. The molecule has 0 aromatic rings. The van der Waals surface area contributed by atoms with Gasteiger partial charge in [0.1, 0.15) is 18.2 Å². The lowest BCUT2D eigenvalue weighted by molar-refractivity contribution is -0.110. The molecule has 4 nitrogen and oxygen atoms in total. The second-order valence-corrected chi connectivity index (χ2v) is 2.82. The van der Waals surface area contributed by atoms with Gasteiger partial charge in [0.2, 0.25) is 0 Å². The van der Waals surface area contributed by atoms with Gasteiger partial charge in [-0.2, -0.15) is 0 Å². The molecule has 11 heavy (non-hydrogen) atoms. The highest BCUT2D eigenvalue weighted by Crippen LogP contribution is 1.93. The fourth-order valence-electron chi connectivity index (χ4n) is 0.695. The van der Waals surface area contributed by atoms with Gasteiger partial charge in [0.15, 0.2) is 0 Å². The Kier molecular flexibility index (Phi) is 3.74. The average molecular weight is 157 g/mol. The Balaban J connectivity index is 4.26. The van der Waals surface area contributed by atoms with Crippen molar-refractivity contribution in [3.05, 3.63) is 0 Å². The van der Waals surface area contributed by atoms with Crippen molar-refractivity contribution in [2.75, 3.05) is 28.2 Å². The number of hydrogen-bond donors (Lipinski definition) is 1. The summed E-state index contributed by atoms with van der Waals surface area (Å²) in [6.07, 6.45) is 0.766. The Labute approximate surface area is 67.3 Å². The first-order valence-corrected chi connectivity index (χ1v) is 3.38. The average Bonchev–Trinajstić information content (AvgIpc) is 1.88. The Bertz CT molecular complexity index is 154. The largest absolute Gasteiger partial charge is 0.365 e. The summed E-state index contributed by atoms with van der Waals surface area (Å²) in [6.45, 7) is 0. The topological polar surface area (TPSA) is 47.4 Å². The summed E-state index contributed by atoms with van der Waals surface area (Å²) in [5.41, 5.74) is 0. The van der Waals surface area contributed by atoms with E-state index in [1.165, 1.54) is 0 Å². The highest BCUT2D eigenvalue weighted by atomic mass is 16.1. The van der Waals surface area contributed by atoms with Gasteiger partial charge < -0.3 is 9.69 Å². The van der Waals surface area contributed by atoms with E-state index in [1.54, 1.807) is 38.0 Å². The summed E-state index contributed by atoms with van der Waals surface area (Å²) in [5, 5.41) is 7.48. The number of aldehydes is 1. The highest BCUT2D eigenvalue weighted by molar-refractivity contribution is 5.97. The molecule has 0 aromatic carbocycles. The minimum atomic E-state index is -0.426. The molecule has 4 heteroatoms. The van der Waals surface area contributed by atoms with Gasteiger partial charge in [-0.3, -0.25) is 10.3 Å². The van der Waals surface area contributed by atoms with Crippen molar-refractivity contribution in [1.29, 1.82) is 5.41 Å². The van der Waals surface area contributed by atoms with Crippen LogP contribution in [0.4, 0.5) is 0 Å². The van der Waals surface area contributed by atoms with Crippen molar-refractivity contribution in [2.45, 2.75) is 6.04 Å². The van der Waals surface area contributed by atoms with Gasteiger partial charge in [0, 0.05) is 14.1 Å². The lowest BCUT2D eigenvalue weighted by atomic mass is 10.2. The molecule has 0 aliphatic carbocycles. The zero-order valence-corrected chi connectivity index (χ0v) is 7.46. The quantitative estimate of drug-likeness (QED) is 0.346. The van der Waals surface area contributed by atoms with Crippen molar-refractivity contribution in [3.63, 3.8) is 0 Å². The van der Waals surface area contributed by atoms with E-state index in [0.29, 0.717) is 5.84 Å². The maximum atomic E-state index is 10.5. The van der Waals surface area contributed by atoms with Crippen LogP contribution in [0, 0.1) is 5.41 Å². The van der Waals surface area contributed by atoms with Crippen molar-refractivity contribution >= 4 is 12.1 Å². The fourth-order valence-corrected chi connectivity index (χ4v) is 0.695. The lowest BCUT2D eigenvalue weighted by Crippen LogP contribution is -2.43. The standard InChI is InChI=1S/C7H15N3O/c1-9(2)6(5-11)7(8)10(3)4/h5-6,8H,1-4H3. The monoisotopic (exact) mass is 157 g/mol. The number of likely N-dealkylation sites (N-methyl/N-ethyl adjacent to an activating group) is 2. The Morgan fingerprint density at radius 3 is 1.91 bits per heavy atom. The second-order valence-electron chi connectivity index (χ2n) is 2.82. The number of rotatable bonds is 3. The number of amidine groups is 1. The van der Waals surface area contributed by atoms with Crippen molar-refractivity contribution in [2.24, 2.45) is 0 Å². The summed E-state index contributed by atoms with van der Waals surface area (Å²) in [5.74, 6) is 0.310. The summed E-state index contributed by atoms with van der Waals surface area (Å²) in [7, 11) is 7.05. The molecule has 0 amide bonds. The number of carbonyl (C=O) groups is 1. The van der Waals surface area contributed by atoms with Crippen LogP contribution in [-0.2, 0) is 4.79 Å². The second kappa shape index (κ2) is 4.08. The molecule has 0 heterocycles. The van der Waals surface area contributed by atoms with E-state index in [-0.39, 0.29) is 0 Å². The summed E-state index contributed by atoms with van der Waals surface area (Å²) in [4.78, 5) is 13.8. The molecule has 0 rings (SSSR count). The van der Waals surface area contributed by atoms with Crippen LogP contribution in [0.25, 0.3) is 0 Å². The van der Waals surface area contributed by atoms with Gasteiger partial charge in [-0.1, -0.05) is 0 Å². The van der Waals surface area contributed by atoms with Gasteiger partial charge in [-0.25, -0.2) is 0 Å². The molecule has 1 N–H and O–H groups in total. The van der Waals surface area contributed by atoms with Crippen LogP contribution in [0.3, 0.4) is 0 Å². The number of hydrogen-bond acceptors (Lipinski definition) is 3. The smallest absolute Gasteiger partial charge is 0.144 e. The summed E-state index contributed by atoms with van der Waals surface area (Å²) in [6, 6.07) is -0.426. The molecule has 0 saturated carbocycles. The third-order valence-corrected chi connectivity index (χ3v) is 1.45. The van der Waals surface area contributed by atoms with Gasteiger partial charge in [-0.15, -0.1) is 0 Å². The maximum absolute atomic E-state index is 10.5. The van der Waals surface area contributed by atoms with Gasteiger partial charge in [0.25, 0.3) is 0 Å². The van der Waals surface area contributed by atoms with E-state index in [0.717, 1.165) is 6.29 Å². The van der Waals surface area contributed by atoms with E-state index in [2.05, 4.69) is 0 Å². The zero-order chi connectivity index (χ0) is 9.02. The predicted octanol–water partition coefficient (Wildman–Crippen LogP) is -0.346. The summed E-state index contributed by atoms with van der Waals surface area (Å²) >= 11 is 0. The maximum Gasteiger partial charge on any atom is 0.144 e. The van der Waals surface area contributed by atoms with Crippen LogP contribution in [0.1, 0.15) is 0 Å². The molecule has 0 aliphatic rings. The molecule has 0 aliphatic heterocycles. The molecule has 0 bridgehead atoms. The molecule has 64 valence electrons. The van der Waals surface area contributed by atoms with E-state index in [9.17, 15) is 4.79 Å². The SMILES string of the molecule is CN(C)C(=N)C(C=O)N(C)C. The number of nitrogens with zero attached hydrogens (tertiary/aromatic N) is 2. The van der Waals surface area contributed by atoms with E-state index >= 15 is 0 Å². The van der Waals surface area contributed by atoms with Crippen molar-refractivity contribution in [1.82, 2.24) is 9.80 Å². The minimum Gasteiger partial charge on any atom is -0.365 e. The molecule has 0 saturated heterocycles. The molecule has 0 radical (unpaired) electrons. The molecule has 1 unspecified atom stereocenters. The highest BCUT2D eigenvalue weighted by Gasteiger charge is 2.16. The lowest BCUT2D eigenvalue weighted by Gasteiger charge is -2.23. The first kappa shape index (κ1) is 10.1. The Morgan fingerprint density at radius 1 is 1.36 bits per heavy atom. The fraction of sp³-hybridized carbons (Fsp3) is 0.714. The van der Waals surface area contributed by atoms with Crippen LogP contribution in [0.2, 0.25) is 0 Å². The molecule has 0 fully saturated rings. The van der Waals surface area contributed by atoms with Crippen molar-refractivity contribution < 1.29 is 4.79 Å². The first-order valence-electron chi connectivity index (χ1n) is 3.38. The van der Waals surface area contributed by atoms with Crippen LogP contribution in [0.15, 0.2) is 0 Å². The van der Waals surface area contributed by atoms with E-state index in [4.69, 9.17) is 5.41 Å². The van der Waals surface area contributed by atoms with Crippen molar-refractivity contribution in [3.8, 4) is 0 Å².